The summed E-state index contributed by atoms with van der Waals surface area (Å²) in [5.74, 6) is 0.558. The Morgan fingerprint density at radius 2 is 1.59 bits per heavy atom. The second-order valence-corrected chi connectivity index (χ2v) is 10.3. The zero-order chi connectivity index (χ0) is 24.7. The minimum atomic E-state index is -3.71. The number of carbonyl (C=O) groups is 1. The molecule has 0 aliphatic heterocycles. The number of hydrogen-bond acceptors (Lipinski definition) is 5. The Bertz CT molecular complexity index is 1190. The summed E-state index contributed by atoms with van der Waals surface area (Å²) < 4.78 is 33.2. The van der Waals surface area contributed by atoms with E-state index in [1.165, 1.54) is 4.31 Å². The predicted molar refractivity (Wildman–Crippen MR) is 138 cm³/mol. The second-order valence-electron chi connectivity index (χ2n) is 7.59. The van der Waals surface area contributed by atoms with Gasteiger partial charge >= 0.3 is 0 Å². The zero-order valence-electron chi connectivity index (χ0n) is 19.8. The van der Waals surface area contributed by atoms with Crippen LogP contribution in [0.2, 0.25) is 0 Å². The molecule has 34 heavy (non-hydrogen) atoms. The minimum Gasteiger partial charge on any atom is -0.494 e. The molecule has 0 radical (unpaired) electrons. The topological polar surface area (TPSA) is 75.7 Å². The Balaban J connectivity index is 1.72. The summed E-state index contributed by atoms with van der Waals surface area (Å²) in [7, 11) is -3.71. The van der Waals surface area contributed by atoms with Crippen LogP contribution in [0, 0.1) is 0 Å². The van der Waals surface area contributed by atoms with Crippen molar-refractivity contribution < 1.29 is 17.9 Å². The van der Waals surface area contributed by atoms with E-state index < -0.39 is 10.0 Å². The summed E-state index contributed by atoms with van der Waals surface area (Å²) in [6.45, 7) is 6.50. The number of nitrogens with zero attached hydrogens (tertiary/aromatic N) is 1. The van der Waals surface area contributed by atoms with Gasteiger partial charge in [0.05, 0.1) is 23.2 Å². The first-order chi connectivity index (χ1) is 16.3. The van der Waals surface area contributed by atoms with E-state index >= 15 is 0 Å². The maximum absolute atomic E-state index is 13.2. The molecule has 0 aliphatic carbocycles. The predicted octanol–water partition coefficient (Wildman–Crippen LogP) is 5.51. The molecule has 1 N–H and O–H groups in total. The molecule has 0 saturated heterocycles. The Kier molecular flexibility index (Phi) is 8.63. The molecule has 3 aromatic carbocycles. The van der Waals surface area contributed by atoms with Crippen molar-refractivity contribution in [1.82, 2.24) is 5.32 Å². The van der Waals surface area contributed by atoms with E-state index in [0.29, 0.717) is 17.9 Å². The molecule has 0 heterocycles. The summed E-state index contributed by atoms with van der Waals surface area (Å²) in [6.07, 6.45) is 1.94. The van der Waals surface area contributed by atoms with Gasteiger partial charge in [0.25, 0.3) is 15.9 Å². The fraction of sp³-hybridized carbons (Fsp3) is 0.269. The average Bonchev–Trinajstić information content (AvgIpc) is 2.85. The maximum atomic E-state index is 13.2. The lowest BCUT2D eigenvalue weighted by molar-refractivity contribution is 0.0940. The van der Waals surface area contributed by atoms with E-state index in [0.717, 1.165) is 16.2 Å². The highest BCUT2D eigenvalue weighted by Gasteiger charge is 2.24. The smallest absolute Gasteiger partial charge is 0.264 e. The Hall–Kier alpha value is -2.97. The van der Waals surface area contributed by atoms with Crippen LogP contribution in [0.1, 0.15) is 42.7 Å². The first-order valence-corrected chi connectivity index (χ1v) is 13.8. The number of benzene rings is 3. The highest BCUT2D eigenvalue weighted by atomic mass is 32.2. The summed E-state index contributed by atoms with van der Waals surface area (Å²) in [4.78, 5) is 14.0. The Morgan fingerprint density at radius 3 is 2.12 bits per heavy atom. The number of ether oxygens (including phenoxy) is 1. The van der Waals surface area contributed by atoms with Crippen molar-refractivity contribution in [2.75, 3.05) is 23.7 Å². The Morgan fingerprint density at radius 1 is 0.971 bits per heavy atom. The third-order valence-corrected chi connectivity index (χ3v) is 8.05. The number of sulfonamides is 1. The first kappa shape index (κ1) is 25.6. The van der Waals surface area contributed by atoms with Crippen molar-refractivity contribution in [3.8, 4) is 5.75 Å². The number of nitrogens with one attached hydrogen (secondary N) is 1. The summed E-state index contributed by atoms with van der Waals surface area (Å²) >= 11 is 1.56. The van der Waals surface area contributed by atoms with Gasteiger partial charge in [-0.05, 0) is 93.3 Å². The monoisotopic (exact) mass is 498 g/mol. The van der Waals surface area contributed by atoms with Gasteiger partial charge in [-0.3, -0.25) is 9.10 Å². The zero-order valence-corrected chi connectivity index (χ0v) is 21.4. The summed E-state index contributed by atoms with van der Waals surface area (Å²) in [5, 5.41) is 2.98. The maximum Gasteiger partial charge on any atom is 0.264 e. The van der Waals surface area contributed by atoms with Crippen molar-refractivity contribution in [2.45, 2.75) is 36.6 Å². The van der Waals surface area contributed by atoms with Crippen LogP contribution < -0.4 is 14.4 Å². The van der Waals surface area contributed by atoms with Crippen LogP contribution in [0.4, 0.5) is 5.69 Å². The molecular weight excluding hydrogens is 468 g/mol. The van der Waals surface area contributed by atoms with Crippen LogP contribution in [0.25, 0.3) is 0 Å². The fourth-order valence-corrected chi connectivity index (χ4v) is 5.41. The lowest BCUT2D eigenvalue weighted by Crippen LogP contribution is -2.31. The van der Waals surface area contributed by atoms with E-state index in [2.05, 4.69) is 5.32 Å². The number of carbonyl (C=O) groups excluding carboxylic acids is 1. The average molecular weight is 499 g/mol. The van der Waals surface area contributed by atoms with Gasteiger partial charge in [0.1, 0.15) is 5.75 Å². The molecule has 1 amide bonds. The number of amides is 1. The first-order valence-electron chi connectivity index (χ1n) is 11.1. The molecule has 1 atom stereocenters. The van der Waals surface area contributed by atoms with Gasteiger partial charge in [0.15, 0.2) is 0 Å². The molecule has 8 heteroatoms. The van der Waals surface area contributed by atoms with Crippen molar-refractivity contribution >= 4 is 33.4 Å². The molecule has 6 nitrogen and oxygen atoms in total. The van der Waals surface area contributed by atoms with Gasteiger partial charge in [0, 0.05) is 17.0 Å². The third-order valence-electron chi connectivity index (χ3n) is 5.39. The van der Waals surface area contributed by atoms with E-state index in [1.807, 2.05) is 44.4 Å². The highest BCUT2D eigenvalue weighted by Crippen LogP contribution is 2.26. The SMILES string of the molecule is CCOc1ccc([C@H](C)NC(=O)c2ccc(N(CC)S(=O)(=O)c3ccc(SC)cc3)cc2)cc1. The largest absolute Gasteiger partial charge is 0.494 e. The van der Waals surface area contributed by atoms with E-state index in [9.17, 15) is 13.2 Å². The number of thioether (sulfide) groups is 1. The lowest BCUT2D eigenvalue weighted by atomic mass is 10.1. The summed E-state index contributed by atoms with van der Waals surface area (Å²) in [6, 6.07) is 20.9. The molecule has 180 valence electrons. The van der Waals surface area contributed by atoms with Crippen molar-refractivity contribution in [3.05, 3.63) is 83.9 Å². The quantitative estimate of drug-likeness (QED) is 0.373. The van der Waals surface area contributed by atoms with Gasteiger partial charge in [0.2, 0.25) is 0 Å². The van der Waals surface area contributed by atoms with Crippen molar-refractivity contribution in [2.24, 2.45) is 0 Å². The minimum absolute atomic E-state index is 0.195. The van der Waals surface area contributed by atoms with Gasteiger partial charge in [-0.1, -0.05) is 12.1 Å². The molecule has 0 bridgehead atoms. The molecule has 0 unspecified atom stereocenters. The fourth-order valence-electron chi connectivity index (χ4n) is 3.53. The van der Waals surface area contributed by atoms with Crippen LogP contribution in [-0.2, 0) is 10.0 Å². The lowest BCUT2D eigenvalue weighted by Gasteiger charge is -2.23. The number of anilines is 1. The molecule has 3 aromatic rings. The van der Waals surface area contributed by atoms with Crippen LogP contribution in [-0.4, -0.2) is 33.7 Å². The van der Waals surface area contributed by atoms with Gasteiger partial charge in [-0.2, -0.15) is 0 Å². The van der Waals surface area contributed by atoms with Crippen molar-refractivity contribution in [1.29, 1.82) is 0 Å². The second kappa shape index (κ2) is 11.4. The third kappa shape index (κ3) is 5.93. The number of hydrogen-bond donors (Lipinski definition) is 1. The standard InChI is InChI=1S/C26H30N2O4S2/c1-5-28(34(30,31)25-17-15-24(33-4)16-18-25)22-11-7-21(8-12-22)26(29)27-19(3)20-9-13-23(14-10-20)32-6-2/h7-19H,5-6H2,1-4H3,(H,27,29)/t19-/m0/s1. The van der Waals surface area contributed by atoms with E-state index in [1.54, 1.807) is 67.2 Å². The van der Waals surface area contributed by atoms with Crippen LogP contribution in [0.15, 0.2) is 82.6 Å². The molecule has 3 rings (SSSR count). The molecule has 0 saturated carbocycles. The van der Waals surface area contributed by atoms with Crippen LogP contribution in [0.3, 0.4) is 0 Å². The number of rotatable bonds is 10. The van der Waals surface area contributed by atoms with Gasteiger partial charge in [-0.25, -0.2) is 8.42 Å². The normalized spacial score (nSPS) is 12.1. The highest BCUT2D eigenvalue weighted by molar-refractivity contribution is 7.98. The van der Waals surface area contributed by atoms with Crippen LogP contribution in [0.5, 0.6) is 5.75 Å². The molecule has 0 aliphatic rings. The molecule has 0 spiro atoms. The van der Waals surface area contributed by atoms with E-state index in [-0.39, 0.29) is 23.4 Å². The van der Waals surface area contributed by atoms with Crippen molar-refractivity contribution in [3.63, 3.8) is 0 Å². The van der Waals surface area contributed by atoms with E-state index in [4.69, 9.17) is 4.74 Å². The van der Waals surface area contributed by atoms with Gasteiger partial charge < -0.3 is 10.1 Å². The van der Waals surface area contributed by atoms with Crippen LogP contribution >= 0.6 is 11.8 Å². The molecule has 0 fully saturated rings. The summed E-state index contributed by atoms with van der Waals surface area (Å²) in [5.41, 5.74) is 1.93. The van der Waals surface area contributed by atoms with Gasteiger partial charge in [-0.15, -0.1) is 11.8 Å². The molecular formula is C26H30N2O4S2. The molecule has 0 aromatic heterocycles. The Labute approximate surface area is 206 Å².